The van der Waals surface area contributed by atoms with Gasteiger partial charge >= 0.3 is 0 Å². The van der Waals surface area contributed by atoms with Gasteiger partial charge in [0.1, 0.15) is 0 Å². The maximum absolute atomic E-state index is 5.49. The monoisotopic (exact) mass is 211 g/mol. The molecule has 0 saturated carbocycles. The Hall–Kier alpha value is -0.740. The minimum Gasteiger partial charge on any atom is -0.453 e. The summed E-state index contributed by atoms with van der Waals surface area (Å²) in [5.41, 5.74) is 0. The van der Waals surface area contributed by atoms with Crippen LogP contribution in [0.5, 0.6) is 11.5 Å². The Morgan fingerprint density at radius 1 is 1.29 bits per heavy atom. The predicted molar refractivity (Wildman–Crippen MR) is 55.3 cm³/mol. The van der Waals surface area contributed by atoms with Gasteiger partial charge in [-0.15, -0.1) is 11.3 Å². The lowest BCUT2D eigenvalue weighted by Gasteiger charge is -2.21. The number of thiophene rings is 1. The maximum atomic E-state index is 5.49. The van der Waals surface area contributed by atoms with E-state index in [1.165, 1.54) is 17.7 Å². The second kappa shape index (κ2) is 3.44. The van der Waals surface area contributed by atoms with Gasteiger partial charge in [0.2, 0.25) is 6.79 Å². The van der Waals surface area contributed by atoms with E-state index in [2.05, 4.69) is 10.7 Å². The molecular formula is C10H13NO2S. The Balaban J connectivity index is 1.88. The first-order valence-electron chi connectivity index (χ1n) is 5.03. The smallest absolute Gasteiger partial charge is 0.231 e. The zero-order chi connectivity index (χ0) is 9.38. The quantitative estimate of drug-likeness (QED) is 0.770. The molecule has 2 aliphatic heterocycles. The van der Waals surface area contributed by atoms with E-state index in [-0.39, 0.29) is 0 Å². The van der Waals surface area contributed by atoms with E-state index in [1.54, 1.807) is 11.3 Å². The fourth-order valence-electron chi connectivity index (χ4n) is 2.10. The summed E-state index contributed by atoms with van der Waals surface area (Å²) in [7, 11) is 0. The Kier molecular flexibility index (Phi) is 2.10. The van der Waals surface area contributed by atoms with Crippen molar-refractivity contribution >= 4 is 11.3 Å². The van der Waals surface area contributed by atoms with Gasteiger partial charge in [-0.3, -0.25) is 0 Å². The molecule has 14 heavy (non-hydrogen) atoms. The third-order valence-corrected chi connectivity index (χ3v) is 3.97. The second-order valence-electron chi connectivity index (χ2n) is 3.72. The van der Waals surface area contributed by atoms with Crippen molar-refractivity contribution in [2.45, 2.75) is 18.8 Å². The van der Waals surface area contributed by atoms with Gasteiger partial charge in [0.15, 0.2) is 11.5 Å². The third-order valence-electron chi connectivity index (χ3n) is 2.87. The topological polar surface area (TPSA) is 30.5 Å². The van der Waals surface area contributed by atoms with Crippen molar-refractivity contribution in [3.63, 3.8) is 0 Å². The number of nitrogens with one attached hydrogen (secondary N) is 1. The molecule has 0 amide bonds. The van der Waals surface area contributed by atoms with Crippen LogP contribution in [0, 0.1) is 0 Å². The summed E-state index contributed by atoms with van der Waals surface area (Å²) in [6.45, 7) is 2.65. The van der Waals surface area contributed by atoms with E-state index in [0.717, 1.165) is 24.6 Å². The van der Waals surface area contributed by atoms with E-state index in [4.69, 9.17) is 9.47 Å². The van der Waals surface area contributed by atoms with Gasteiger partial charge in [-0.05, 0) is 31.8 Å². The average Bonchev–Trinajstić information content (AvgIpc) is 2.79. The van der Waals surface area contributed by atoms with Crippen LogP contribution in [0.25, 0.3) is 0 Å². The summed E-state index contributed by atoms with van der Waals surface area (Å²) in [4.78, 5) is 1.39. The molecule has 0 unspecified atom stereocenters. The second-order valence-corrected chi connectivity index (χ2v) is 4.64. The molecular weight excluding hydrogens is 198 g/mol. The van der Waals surface area contributed by atoms with Crippen LogP contribution in [0.1, 0.15) is 23.6 Å². The van der Waals surface area contributed by atoms with Crippen molar-refractivity contribution in [1.82, 2.24) is 5.32 Å². The molecule has 3 rings (SSSR count). The van der Waals surface area contributed by atoms with Crippen molar-refractivity contribution in [2.24, 2.45) is 0 Å². The van der Waals surface area contributed by atoms with Crippen LogP contribution in [0.3, 0.4) is 0 Å². The highest BCUT2D eigenvalue weighted by Gasteiger charge is 2.26. The summed E-state index contributed by atoms with van der Waals surface area (Å²) in [5, 5.41) is 5.45. The standard InChI is InChI=1S/C10H13NO2S/c1-3-11-4-2-7(1)10-9-8(5-14-10)12-6-13-9/h5,7,11H,1-4,6H2. The van der Waals surface area contributed by atoms with Crippen LogP contribution in [-0.2, 0) is 0 Å². The normalized spacial score (nSPS) is 21.4. The summed E-state index contributed by atoms with van der Waals surface area (Å²) in [5.74, 6) is 2.64. The maximum Gasteiger partial charge on any atom is 0.231 e. The van der Waals surface area contributed by atoms with Crippen LogP contribution in [-0.4, -0.2) is 19.9 Å². The van der Waals surface area contributed by atoms with Crippen LogP contribution < -0.4 is 14.8 Å². The lowest BCUT2D eigenvalue weighted by Crippen LogP contribution is -2.26. The number of hydrogen-bond donors (Lipinski definition) is 1. The predicted octanol–water partition coefficient (Wildman–Crippen LogP) is 1.94. The fourth-order valence-corrected chi connectivity index (χ4v) is 3.21. The fraction of sp³-hybridized carbons (Fsp3) is 0.600. The molecule has 1 fully saturated rings. The van der Waals surface area contributed by atoms with Gasteiger partial charge in [-0.2, -0.15) is 0 Å². The zero-order valence-corrected chi connectivity index (χ0v) is 8.73. The molecule has 0 spiro atoms. The molecule has 76 valence electrons. The number of hydrogen-bond acceptors (Lipinski definition) is 4. The lowest BCUT2D eigenvalue weighted by molar-refractivity contribution is 0.172. The Morgan fingerprint density at radius 3 is 3.00 bits per heavy atom. The van der Waals surface area contributed by atoms with E-state index in [0.29, 0.717) is 12.7 Å². The van der Waals surface area contributed by atoms with Crippen LogP contribution in [0.15, 0.2) is 5.38 Å². The number of ether oxygens (including phenoxy) is 2. The molecule has 2 aliphatic rings. The van der Waals surface area contributed by atoms with E-state index in [1.807, 2.05) is 0 Å². The minimum atomic E-state index is 0.399. The molecule has 1 saturated heterocycles. The summed E-state index contributed by atoms with van der Waals surface area (Å²) in [6.07, 6.45) is 2.44. The Labute approximate surface area is 87.0 Å². The summed E-state index contributed by atoms with van der Waals surface area (Å²) >= 11 is 1.78. The molecule has 3 nitrogen and oxygen atoms in total. The first kappa shape index (κ1) is 8.56. The molecule has 0 aromatic carbocycles. The van der Waals surface area contributed by atoms with Crippen molar-refractivity contribution in [1.29, 1.82) is 0 Å². The number of piperidine rings is 1. The van der Waals surface area contributed by atoms with Crippen molar-refractivity contribution in [3.05, 3.63) is 10.3 Å². The molecule has 4 heteroatoms. The SMILES string of the molecule is c1sc(C2CCNCC2)c2c1OCO2. The zero-order valence-electron chi connectivity index (χ0n) is 7.91. The van der Waals surface area contributed by atoms with Gasteiger partial charge in [0.05, 0.1) is 4.88 Å². The molecule has 1 N–H and O–H groups in total. The molecule has 0 aliphatic carbocycles. The molecule has 3 heterocycles. The first-order chi connectivity index (χ1) is 6.95. The van der Waals surface area contributed by atoms with Gasteiger partial charge < -0.3 is 14.8 Å². The summed E-state index contributed by atoms with van der Waals surface area (Å²) < 4.78 is 10.8. The third kappa shape index (κ3) is 1.29. The lowest BCUT2D eigenvalue weighted by atomic mass is 9.96. The Morgan fingerprint density at radius 2 is 2.14 bits per heavy atom. The molecule has 1 aromatic rings. The highest BCUT2D eigenvalue weighted by Crippen LogP contribution is 2.46. The molecule has 0 bridgehead atoms. The van der Waals surface area contributed by atoms with E-state index < -0.39 is 0 Å². The first-order valence-corrected chi connectivity index (χ1v) is 5.91. The molecule has 0 atom stereocenters. The van der Waals surface area contributed by atoms with Crippen LogP contribution >= 0.6 is 11.3 Å². The highest BCUT2D eigenvalue weighted by atomic mass is 32.1. The molecule has 0 radical (unpaired) electrons. The van der Waals surface area contributed by atoms with Crippen LogP contribution in [0.4, 0.5) is 0 Å². The number of fused-ring (bicyclic) bond motifs is 1. The molecule has 1 aromatic heterocycles. The van der Waals surface area contributed by atoms with E-state index in [9.17, 15) is 0 Å². The number of rotatable bonds is 1. The van der Waals surface area contributed by atoms with Gasteiger partial charge in [-0.1, -0.05) is 0 Å². The van der Waals surface area contributed by atoms with Gasteiger partial charge in [0, 0.05) is 5.38 Å². The minimum absolute atomic E-state index is 0.399. The summed E-state index contributed by atoms with van der Waals surface area (Å²) in [6, 6.07) is 0. The van der Waals surface area contributed by atoms with Crippen molar-refractivity contribution in [2.75, 3.05) is 19.9 Å². The largest absolute Gasteiger partial charge is 0.453 e. The van der Waals surface area contributed by atoms with Gasteiger partial charge in [0.25, 0.3) is 0 Å². The van der Waals surface area contributed by atoms with Crippen molar-refractivity contribution < 1.29 is 9.47 Å². The Bertz CT molecular complexity index is 331. The average molecular weight is 211 g/mol. The highest BCUT2D eigenvalue weighted by molar-refractivity contribution is 7.10. The van der Waals surface area contributed by atoms with E-state index >= 15 is 0 Å². The van der Waals surface area contributed by atoms with Crippen LogP contribution in [0.2, 0.25) is 0 Å². The van der Waals surface area contributed by atoms with Gasteiger partial charge in [-0.25, -0.2) is 0 Å². The van der Waals surface area contributed by atoms with Crippen molar-refractivity contribution in [3.8, 4) is 11.5 Å².